The van der Waals surface area contributed by atoms with Crippen molar-refractivity contribution in [3.05, 3.63) is 60.7 Å². The lowest BCUT2D eigenvalue weighted by molar-refractivity contribution is -0.137. The highest BCUT2D eigenvalue weighted by Crippen LogP contribution is 2.36. The molecular weight excluding hydrogens is 344 g/mol. The maximum absolute atomic E-state index is 10.8. The highest BCUT2D eigenvalue weighted by molar-refractivity contribution is 6.99. The molecular formula is C21H28O4Si. The molecule has 0 saturated carbocycles. The Morgan fingerprint density at radius 1 is 1.00 bits per heavy atom. The lowest BCUT2D eigenvalue weighted by Gasteiger charge is -2.43. The number of benzene rings is 2. The van der Waals surface area contributed by atoms with Crippen LogP contribution in [0.25, 0.3) is 0 Å². The van der Waals surface area contributed by atoms with Crippen molar-refractivity contribution in [1.29, 1.82) is 0 Å². The molecule has 4 nitrogen and oxygen atoms in total. The summed E-state index contributed by atoms with van der Waals surface area (Å²) in [5, 5.41) is 21.2. The van der Waals surface area contributed by atoms with Crippen LogP contribution in [-0.2, 0) is 9.22 Å². The molecule has 0 aliphatic carbocycles. The summed E-state index contributed by atoms with van der Waals surface area (Å²) in [6.07, 6.45) is -0.675. The van der Waals surface area contributed by atoms with E-state index in [4.69, 9.17) is 9.53 Å². The zero-order valence-electron chi connectivity index (χ0n) is 15.7. The van der Waals surface area contributed by atoms with E-state index in [1.54, 1.807) is 0 Å². The Balaban J connectivity index is 2.42. The van der Waals surface area contributed by atoms with Crippen LogP contribution in [0.5, 0.6) is 0 Å². The highest BCUT2D eigenvalue weighted by Gasteiger charge is 2.50. The molecule has 1 atom stereocenters. The molecule has 2 rings (SSSR count). The van der Waals surface area contributed by atoms with E-state index in [0.717, 1.165) is 10.4 Å². The van der Waals surface area contributed by atoms with Gasteiger partial charge in [0.1, 0.15) is 0 Å². The Kier molecular flexibility index (Phi) is 6.75. The lowest BCUT2D eigenvalue weighted by Crippen LogP contribution is -2.67. The molecule has 140 valence electrons. The standard InChI is InChI=1S/C21H28O4Si/c1-21(2,3)26(18-10-6-4-7-11-18,19-12-8-5-9-13-19)25-16-17(22)14-15-20(23)24/h4-13,17,22H,14-16H2,1-3H3,(H,23,24)/t17-/m1/s1. The van der Waals surface area contributed by atoms with E-state index in [9.17, 15) is 9.90 Å². The Morgan fingerprint density at radius 2 is 1.46 bits per heavy atom. The molecule has 0 aliphatic rings. The molecule has 2 N–H and O–H groups in total. The van der Waals surface area contributed by atoms with Crippen molar-refractivity contribution in [2.75, 3.05) is 6.61 Å². The first-order valence-electron chi connectivity index (χ1n) is 8.92. The van der Waals surface area contributed by atoms with Gasteiger partial charge in [-0.25, -0.2) is 0 Å². The van der Waals surface area contributed by atoms with Gasteiger partial charge in [0.05, 0.1) is 12.7 Å². The number of hydrogen-bond donors (Lipinski definition) is 2. The summed E-state index contributed by atoms with van der Waals surface area (Å²) in [4.78, 5) is 10.8. The second kappa shape index (κ2) is 8.62. The number of carboxylic acids is 1. The first kappa shape index (κ1) is 20.4. The molecule has 5 heteroatoms. The third-order valence-electron chi connectivity index (χ3n) is 4.60. The quantitative estimate of drug-likeness (QED) is 0.699. The monoisotopic (exact) mass is 372 g/mol. The van der Waals surface area contributed by atoms with Crippen LogP contribution in [0, 0.1) is 0 Å². The van der Waals surface area contributed by atoms with Gasteiger partial charge in [0.15, 0.2) is 0 Å². The minimum atomic E-state index is -2.68. The summed E-state index contributed by atoms with van der Waals surface area (Å²) in [6.45, 7) is 6.63. The van der Waals surface area contributed by atoms with Crippen LogP contribution in [0.15, 0.2) is 60.7 Å². The van der Waals surface area contributed by atoms with Gasteiger partial charge in [-0.3, -0.25) is 4.79 Å². The van der Waals surface area contributed by atoms with Gasteiger partial charge in [0.25, 0.3) is 8.32 Å². The van der Waals surface area contributed by atoms with Crippen LogP contribution < -0.4 is 10.4 Å². The van der Waals surface area contributed by atoms with E-state index in [1.807, 2.05) is 36.4 Å². The molecule has 0 amide bonds. The van der Waals surface area contributed by atoms with Crippen LogP contribution in [0.1, 0.15) is 33.6 Å². The fraction of sp³-hybridized carbons (Fsp3) is 0.381. The van der Waals surface area contributed by atoms with E-state index in [1.165, 1.54) is 0 Å². The van der Waals surface area contributed by atoms with Crippen molar-refractivity contribution in [3.8, 4) is 0 Å². The number of carbonyl (C=O) groups is 1. The van der Waals surface area contributed by atoms with Crippen molar-refractivity contribution in [1.82, 2.24) is 0 Å². The second-order valence-corrected chi connectivity index (χ2v) is 11.9. The summed E-state index contributed by atoms with van der Waals surface area (Å²) < 4.78 is 6.56. The second-order valence-electron chi connectivity index (χ2n) is 7.56. The van der Waals surface area contributed by atoms with Gasteiger partial charge in [-0.1, -0.05) is 81.4 Å². The van der Waals surface area contributed by atoms with Crippen molar-refractivity contribution in [2.24, 2.45) is 0 Å². The van der Waals surface area contributed by atoms with Crippen LogP contribution >= 0.6 is 0 Å². The summed E-state index contributed by atoms with van der Waals surface area (Å²) in [5.74, 6) is -0.908. The number of aliphatic hydroxyl groups excluding tert-OH is 1. The van der Waals surface area contributed by atoms with Crippen molar-refractivity contribution < 1.29 is 19.4 Å². The van der Waals surface area contributed by atoms with Crippen molar-refractivity contribution in [2.45, 2.75) is 44.8 Å². The normalized spacial score (nSPS) is 13.4. The van der Waals surface area contributed by atoms with Crippen LogP contribution in [0.2, 0.25) is 5.04 Å². The van der Waals surface area contributed by atoms with Crippen molar-refractivity contribution in [3.63, 3.8) is 0 Å². The molecule has 0 fully saturated rings. The third-order valence-corrected chi connectivity index (χ3v) is 9.61. The molecule has 0 aromatic heterocycles. The van der Waals surface area contributed by atoms with Crippen molar-refractivity contribution >= 4 is 24.7 Å². The molecule has 0 aliphatic heterocycles. The number of rotatable bonds is 8. The van der Waals surface area contributed by atoms with Crippen LogP contribution in [-0.4, -0.2) is 37.2 Å². The predicted octanol–water partition coefficient (Wildman–Crippen LogP) is 2.79. The zero-order chi connectivity index (χ0) is 19.2. The van der Waals surface area contributed by atoms with Crippen LogP contribution in [0.4, 0.5) is 0 Å². The topological polar surface area (TPSA) is 66.8 Å². The van der Waals surface area contributed by atoms with Gasteiger partial charge in [-0.2, -0.15) is 0 Å². The van der Waals surface area contributed by atoms with Gasteiger partial charge >= 0.3 is 5.97 Å². The van der Waals surface area contributed by atoms with Crippen LogP contribution in [0.3, 0.4) is 0 Å². The molecule has 0 unspecified atom stereocenters. The van der Waals surface area contributed by atoms with Gasteiger partial charge in [0.2, 0.25) is 0 Å². The summed E-state index contributed by atoms with van der Waals surface area (Å²) >= 11 is 0. The zero-order valence-corrected chi connectivity index (χ0v) is 16.7. The molecule has 0 radical (unpaired) electrons. The van der Waals surface area contributed by atoms with E-state index in [2.05, 4.69) is 45.0 Å². The molecule has 2 aromatic rings. The Bertz CT molecular complexity index is 655. The Morgan fingerprint density at radius 3 is 1.85 bits per heavy atom. The first-order valence-corrected chi connectivity index (χ1v) is 10.8. The maximum atomic E-state index is 10.8. The molecule has 0 spiro atoms. The highest BCUT2D eigenvalue weighted by atomic mass is 28.4. The summed E-state index contributed by atoms with van der Waals surface area (Å²) in [5.41, 5.74) is 0. The minimum Gasteiger partial charge on any atom is -0.481 e. The smallest absolute Gasteiger partial charge is 0.303 e. The van der Waals surface area contributed by atoms with Gasteiger partial charge in [0, 0.05) is 6.42 Å². The average Bonchev–Trinajstić information content (AvgIpc) is 2.61. The number of hydrogen-bond acceptors (Lipinski definition) is 3. The van der Waals surface area contributed by atoms with E-state index < -0.39 is 20.4 Å². The molecule has 0 heterocycles. The van der Waals surface area contributed by atoms with E-state index in [-0.39, 0.29) is 24.5 Å². The third kappa shape index (κ3) is 4.61. The predicted molar refractivity (Wildman–Crippen MR) is 106 cm³/mol. The Hall–Kier alpha value is -1.95. The SMILES string of the molecule is CC(C)(C)[Si](OC[C@H](O)CCC(=O)O)(c1ccccc1)c1ccccc1. The molecule has 26 heavy (non-hydrogen) atoms. The number of carboxylic acid groups (broad SMARTS) is 1. The van der Waals surface area contributed by atoms with Gasteiger partial charge in [-0.15, -0.1) is 0 Å². The van der Waals surface area contributed by atoms with Gasteiger partial charge in [-0.05, 0) is 21.8 Å². The molecule has 0 saturated heterocycles. The minimum absolute atomic E-state index is 0.0642. The Labute approximate surface area is 156 Å². The lowest BCUT2D eigenvalue weighted by atomic mass is 10.2. The average molecular weight is 373 g/mol. The fourth-order valence-corrected chi connectivity index (χ4v) is 7.95. The number of aliphatic hydroxyl groups is 1. The van der Waals surface area contributed by atoms with Gasteiger partial charge < -0.3 is 14.6 Å². The first-order chi connectivity index (χ1) is 12.3. The summed E-state index contributed by atoms with van der Waals surface area (Å²) in [7, 11) is -2.68. The van der Waals surface area contributed by atoms with E-state index in [0.29, 0.717) is 0 Å². The molecule has 2 aromatic carbocycles. The van der Waals surface area contributed by atoms with E-state index >= 15 is 0 Å². The maximum Gasteiger partial charge on any atom is 0.303 e. The molecule has 0 bridgehead atoms. The number of aliphatic carboxylic acids is 1. The summed E-state index contributed by atoms with van der Waals surface area (Å²) in [6, 6.07) is 20.4. The largest absolute Gasteiger partial charge is 0.481 e. The fourth-order valence-electron chi connectivity index (χ4n) is 3.36.